The molecule has 0 aromatic heterocycles. The summed E-state index contributed by atoms with van der Waals surface area (Å²) in [5.74, 6) is 0.306. The van der Waals surface area contributed by atoms with Gasteiger partial charge < -0.3 is 10.2 Å². The highest BCUT2D eigenvalue weighted by molar-refractivity contribution is 7.90. The van der Waals surface area contributed by atoms with Crippen molar-refractivity contribution in [3.63, 3.8) is 0 Å². The van der Waals surface area contributed by atoms with Gasteiger partial charge in [0.1, 0.15) is 9.84 Å². The van der Waals surface area contributed by atoms with Crippen LogP contribution in [-0.4, -0.2) is 57.5 Å². The molecule has 21 heavy (non-hydrogen) atoms. The lowest BCUT2D eigenvalue weighted by Crippen LogP contribution is -2.60. The van der Waals surface area contributed by atoms with E-state index in [9.17, 15) is 8.42 Å². The minimum Gasteiger partial charge on any atom is -0.312 e. The van der Waals surface area contributed by atoms with Crippen LogP contribution in [0.4, 0.5) is 0 Å². The van der Waals surface area contributed by atoms with Crippen molar-refractivity contribution < 1.29 is 8.42 Å². The van der Waals surface area contributed by atoms with Crippen molar-refractivity contribution in [2.75, 3.05) is 32.6 Å². The Balaban J connectivity index is 2.76. The molecule has 1 fully saturated rings. The van der Waals surface area contributed by atoms with Gasteiger partial charge in [-0.15, -0.1) is 0 Å². The maximum absolute atomic E-state index is 11.4. The summed E-state index contributed by atoms with van der Waals surface area (Å²) < 4.78 is 22.8. The van der Waals surface area contributed by atoms with Gasteiger partial charge in [0.2, 0.25) is 0 Å². The minimum absolute atomic E-state index is 0.199. The van der Waals surface area contributed by atoms with Crippen LogP contribution in [-0.2, 0) is 9.84 Å². The van der Waals surface area contributed by atoms with Gasteiger partial charge >= 0.3 is 0 Å². The highest BCUT2D eigenvalue weighted by Crippen LogP contribution is 2.36. The number of likely N-dealkylation sites (N-methyl/N-ethyl adjacent to an activating group) is 1. The Morgan fingerprint density at radius 1 is 1.19 bits per heavy atom. The molecule has 126 valence electrons. The summed E-state index contributed by atoms with van der Waals surface area (Å²) in [5, 5.41) is 3.71. The summed E-state index contributed by atoms with van der Waals surface area (Å²) in [6.45, 7) is 3.20. The average molecular weight is 319 g/mol. The van der Waals surface area contributed by atoms with Crippen LogP contribution in [0.15, 0.2) is 0 Å². The van der Waals surface area contributed by atoms with Crippen molar-refractivity contribution in [3.8, 4) is 0 Å². The van der Waals surface area contributed by atoms with Gasteiger partial charge in [-0.1, -0.05) is 26.2 Å². The van der Waals surface area contributed by atoms with E-state index in [2.05, 4.69) is 31.2 Å². The van der Waals surface area contributed by atoms with Crippen molar-refractivity contribution in [3.05, 3.63) is 0 Å². The Morgan fingerprint density at radius 3 is 2.29 bits per heavy atom. The summed E-state index contributed by atoms with van der Waals surface area (Å²) in [6.07, 6.45) is 10.5. The van der Waals surface area contributed by atoms with Gasteiger partial charge in [-0.25, -0.2) is 8.42 Å². The van der Waals surface area contributed by atoms with Gasteiger partial charge in [0.15, 0.2) is 0 Å². The van der Waals surface area contributed by atoms with E-state index in [1.165, 1.54) is 38.4 Å². The van der Waals surface area contributed by atoms with Crippen LogP contribution in [0.1, 0.15) is 58.3 Å². The van der Waals surface area contributed by atoms with Crippen LogP contribution in [0, 0.1) is 0 Å². The van der Waals surface area contributed by atoms with Gasteiger partial charge in [0.05, 0.1) is 0 Å². The van der Waals surface area contributed by atoms with Gasteiger partial charge in [-0.3, -0.25) is 0 Å². The average Bonchev–Trinajstić information content (AvgIpc) is 2.42. The molecule has 1 saturated carbocycles. The molecule has 4 nitrogen and oxygen atoms in total. The van der Waals surface area contributed by atoms with E-state index in [0.717, 1.165) is 25.8 Å². The predicted molar refractivity (Wildman–Crippen MR) is 90.5 cm³/mol. The molecule has 0 aromatic rings. The first-order chi connectivity index (χ1) is 9.82. The van der Waals surface area contributed by atoms with Crippen molar-refractivity contribution >= 4 is 9.84 Å². The molecule has 1 rings (SSSR count). The zero-order valence-electron chi connectivity index (χ0n) is 14.3. The zero-order chi connectivity index (χ0) is 15.9. The third kappa shape index (κ3) is 5.87. The first-order valence-electron chi connectivity index (χ1n) is 8.40. The first-order valence-corrected chi connectivity index (χ1v) is 10.5. The standard InChI is InChI=1S/C16H34N2O2S/c1-5-13-17-15(10-9-14-21(4,19)20)16(18(2)3)11-7-6-8-12-16/h15,17H,5-14H2,1-4H3. The molecule has 0 amide bonds. The third-order valence-corrected chi connectivity index (χ3v) is 5.94. The Morgan fingerprint density at radius 2 is 1.81 bits per heavy atom. The van der Waals surface area contributed by atoms with Crippen LogP contribution in [0.3, 0.4) is 0 Å². The van der Waals surface area contributed by atoms with Gasteiger partial charge in [0, 0.05) is 23.6 Å². The number of hydrogen-bond acceptors (Lipinski definition) is 4. The topological polar surface area (TPSA) is 49.4 Å². The molecule has 0 aliphatic heterocycles. The Hall–Kier alpha value is -0.130. The quantitative estimate of drug-likeness (QED) is 0.709. The summed E-state index contributed by atoms with van der Waals surface area (Å²) in [7, 11) is 1.51. The van der Waals surface area contributed by atoms with Crippen LogP contribution < -0.4 is 5.32 Å². The fourth-order valence-electron chi connectivity index (χ4n) is 3.70. The molecule has 1 aliphatic rings. The number of sulfone groups is 1. The zero-order valence-corrected chi connectivity index (χ0v) is 15.1. The van der Waals surface area contributed by atoms with E-state index >= 15 is 0 Å². The highest BCUT2D eigenvalue weighted by Gasteiger charge is 2.40. The van der Waals surface area contributed by atoms with E-state index in [1.807, 2.05) is 0 Å². The first kappa shape index (κ1) is 18.9. The molecule has 0 saturated heterocycles. The fraction of sp³-hybridized carbons (Fsp3) is 1.00. The third-order valence-electron chi connectivity index (χ3n) is 4.91. The van der Waals surface area contributed by atoms with Crippen LogP contribution in [0.2, 0.25) is 0 Å². The van der Waals surface area contributed by atoms with Gasteiger partial charge in [-0.2, -0.15) is 0 Å². The lowest BCUT2D eigenvalue weighted by atomic mass is 9.74. The van der Waals surface area contributed by atoms with Crippen molar-refractivity contribution in [2.45, 2.75) is 69.9 Å². The second kappa shape index (κ2) is 8.49. The summed E-state index contributed by atoms with van der Waals surface area (Å²) in [4.78, 5) is 2.39. The normalized spacial score (nSPS) is 20.6. The Labute approximate surface area is 131 Å². The van der Waals surface area contributed by atoms with E-state index in [4.69, 9.17) is 0 Å². The Bertz CT molecular complexity index is 387. The number of nitrogens with one attached hydrogen (secondary N) is 1. The molecule has 0 heterocycles. The predicted octanol–water partition coefficient (Wildman–Crippen LogP) is 2.44. The molecule has 0 aromatic carbocycles. The van der Waals surface area contributed by atoms with Crippen molar-refractivity contribution in [1.82, 2.24) is 10.2 Å². The largest absolute Gasteiger partial charge is 0.312 e. The van der Waals surface area contributed by atoms with Crippen LogP contribution in [0.25, 0.3) is 0 Å². The molecule has 1 N–H and O–H groups in total. The molecular formula is C16H34N2O2S. The summed E-state index contributed by atoms with van der Waals surface area (Å²) >= 11 is 0. The van der Waals surface area contributed by atoms with Crippen LogP contribution >= 0.6 is 0 Å². The minimum atomic E-state index is -2.85. The number of hydrogen-bond donors (Lipinski definition) is 1. The summed E-state index contributed by atoms with van der Waals surface area (Å²) in [6, 6.07) is 0.398. The number of nitrogens with zero attached hydrogens (tertiary/aromatic N) is 1. The van der Waals surface area contributed by atoms with Crippen molar-refractivity contribution in [2.24, 2.45) is 0 Å². The van der Waals surface area contributed by atoms with E-state index in [-0.39, 0.29) is 5.54 Å². The molecule has 1 atom stereocenters. The summed E-state index contributed by atoms with van der Waals surface area (Å²) in [5.41, 5.74) is 0.199. The fourth-order valence-corrected chi connectivity index (χ4v) is 4.39. The molecular weight excluding hydrogens is 284 g/mol. The maximum atomic E-state index is 11.4. The second-order valence-electron chi connectivity index (χ2n) is 6.84. The van der Waals surface area contributed by atoms with E-state index < -0.39 is 9.84 Å². The Kier molecular flexibility index (Phi) is 7.65. The second-order valence-corrected chi connectivity index (χ2v) is 9.10. The molecule has 5 heteroatoms. The molecule has 0 radical (unpaired) electrons. The maximum Gasteiger partial charge on any atom is 0.147 e. The van der Waals surface area contributed by atoms with E-state index in [1.54, 1.807) is 0 Å². The SMILES string of the molecule is CCCNC(CCCS(C)(=O)=O)C1(N(C)C)CCCCC1. The molecule has 1 aliphatic carbocycles. The lowest BCUT2D eigenvalue weighted by molar-refractivity contribution is 0.0532. The smallest absolute Gasteiger partial charge is 0.147 e. The highest BCUT2D eigenvalue weighted by atomic mass is 32.2. The van der Waals surface area contributed by atoms with Crippen LogP contribution in [0.5, 0.6) is 0 Å². The molecule has 1 unspecified atom stereocenters. The van der Waals surface area contributed by atoms with E-state index in [0.29, 0.717) is 11.8 Å². The number of rotatable bonds is 9. The molecule has 0 bridgehead atoms. The lowest BCUT2D eigenvalue weighted by Gasteiger charge is -2.49. The van der Waals surface area contributed by atoms with Crippen molar-refractivity contribution in [1.29, 1.82) is 0 Å². The van der Waals surface area contributed by atoms with Gasteiger partial charge in [0.25, 0.3) is 0 Å². The van der Waals surface area contributed by atoms with Gasteiger partial charge in [-0.05, 0) is 52.7 Å². The monoisotopic (exact) mass is 318 g/mol. The molecule has 0 spiro atoms.